The molecule has 0 saturated carbocycles. The summed E-state index contributed by atoms with van der Waals surface area (Å²) in [4.78, 5) is 19.6. The summed E-state index contributed by atoms with van der Waals surface area (Å²) in [6, 6.07) is 0.558. The number of likely N-dealkylation sites (N-methyl/N-ethyl adjacent to an activating group) is 2. The van der Waals surface area contributed by atoms with Gasteiger partial charge in [0, 0.05) is 32.7 Å². The Morgan fingerprint density at radius 2 is 1.86 bits per heavy atom. The summed E-state index contributed by atoms with van der Waals surface area (Å²) in [6.07, 6.45) is 2.49. The van der Waals surface area contributed by atoms with Crippen molar-refractivity contribution in [3.8, 4) is 0 Å². The first kappa shape index (κ1) is 16.2. The van der Waals surface area contributed by atoms with E-state index in [0.29, 0.717) is 17.9 Å². The zero-order valence-electron chi connectivity index (χ0n) is 13.4. The van der Waals surface area contributed by atoms with Gasteiger partial charge >= 0.3 is 0 Å². The van der Waals surface area contributed by atoms with Crippen molar-refractivity contribution < 1.29 is 0 Å². The Hall–Kier alpha value is -1.14. The molecule has 0 bridgehead atoms. The molecule has 118 valence electrons. The molecule has 2 heterocycles. The Labute approximate surface area is 132 Å². The molecule has 6 nitrogen and oxygen atoms in total. The lowest BCUT2D eigenvalue weighted by Crippen LogP contribution is -2.37. The number of halogens is 1. The third-order valence-corrected chi connectivity index (χ3v) is 4.30. The maximum Gasteiger partial charge on any atom is 0.231 e. The van der Waals surface area contributed by atoms with Gasteiger partial charge in [0.2, 0.25) is 17.2 Å². The molecule has 1 saturated heterocycles. The molecular formula is C14H25ClN6. The maximum atomic E-state index is 6.07. The van der Waals surface area contributed by atoms with Gasteiger partial charge in [-0.1, -0.05) is 0 Å². The molecule has 1 aromatic rings. The molecule has 0 N–H and O–H groups in total. The van der Waals surface area contributed by atoms with Crippen LogP contribution in [0.25, 0.3) is 0 Å². The molecule has 1 aliphatic heterocycles. The van der Waals surface area contributed by atoms with Crippen LogP contribution in [0.5, 0.6) is 0 Å². The monoisotopic (exact) mass is 312 g/mol. The Morgan fingerprint density at radius 1 is 1.19 bits per heavy atom. The molecular weight excluding hydrogens is 288 g/mol. The van der Waals surface area contributed by atoms with Crippen LogP contribution in [0.4, 0.5) is 11.9 Å². The van der Waals surface area contributed by atoms with E-state index in [9.17, 15) is 0 Å². The molecule has 0 radical (unpaired) electrons. The smallest absolute Gasteiger partial charge is 0.231 e. The number of hydrogen-bond donors (Lipinski definition) is 0. The first-order valence-corrected chi connectivity index (χ1v) is 8.00. The van der Waals surface area contributed by atoms with Crippen molar-refractivity contribution >= 4 is 23.5 Å². The molecule has 0 aliphatic carbocycles. The van der Waals surface area contributed by atoms with E-state index < -0.39 is 0 Å². The fourth-order valence-electron chi connectivity index (χ4n) is 2.76. The number of aromatic nitrogens is 3. The second kappa shape index (κ2) is 7.22. The highest BCUT2D eigenvalue weighted by molar-refractivity contribution is 6.28. The van der Waals surface area contributed by atoms with Crippen molar-refractivity contribution in [2.45, 2.75) is 32.7 Å². The van der Waals surface area contributed by atoms with Gasteiger partial charge in [0.15, 0.2) is 0 Å². The van der Waals surface area contributed by atoms with Crippen molar-refractivity contribution in [3.05, 3.63) is 5.28 Å². The van der Waals surface area contributed by atoms with E-state index in [1.165, 1.54) is 19.4 Å². The lowest BCUT2D eigenvalue weighted by Gasteiger charge is -2.26. The summed E-state index contributed by atoms with van der Waals surface area (Å²) in [5.41, 5.74) is 0. The predicted molar refractivity (Wildman–Crippen MR) is 87.3 cm³/mol. The number of anilines is 2. The van der Waals surface area contributed by atoms with E-state index in [0.717, 1.165) is 19.6 Å². The lowest BCUT2D eigenvalue weighted by molar-refractivity contribution is 0.313. The van der Waals surface area contributed by atoms with Crippen LogP contribution in [0.2, 0.25) is 5.28 Å². The fourth-order valence-corrected chi connectivity index (χ4v) is 2.91. The number of rotatable bonds is 6. The number of nitrogens with zero attached hydrogens (tertiary/aromatic N) is 6. The largest absolute Gasteiger partial charge is 0.342 e. The van der Waals surface area contributed by atoms with Gasteiger partial charge in [-0.3, -0.25) is 0 Å². The highest BCUT2D eigenvalue weighted by atomic mass is 35.5. The van der Waals surface area contributed by atoms with Crippen LogP contribution in [0.3, 0.4) is 0 Å². The van der Waals surface area contributed by atoms with Crippen LogP contribution in [0.15, 0.2) is 0 Å². The van der Waals surface area contributed by atoms with Gasteiger partial charge in [0.1, 0.15) is 0 Å². The van der Waals surface area contributed by atoms with Gasteiger partial charge in [-0.2, -0.15) is 15.0 Å². The third-order valence-electron chi connectivity index (χ3n) is 4.13. The maximum absolute atomic E-state index is 6.07. The lowest BCUT2D eigenvalue weighted by atomic mass is 10.2. The highest BCUT2D eigenvalue weighted by Gasteiger charge is 2.23. The Kier molecular flexibility index (Phi) is 5.58. The van der Waals surface area contributed by atoms with Crippen LogP contribution >= 0.6 is 11.6 Å². The second-order valence-corrected chi connectivity index (χ2v) is 5.87. The number of likely N-dealkylation sites (tertiary alicyclic amines) is 1. The van der Waals surface area contributed by atoms with Gasteiger partial charge in [-0.15, -0.1) is 0 Å². The summed E-state index contributed by atoms with van der Waals surface area (Å²) in [5, 5.41) is 0.258. The van der Waals surface area contributed by atoms with E-state index in [1.54, 1.807) is 0 Å². The van der Waals surface area contributed by atoms with Crippen LogP contribution in [0, 0.1) is 0 Å². The molecule has 1 unspecified atom stereocenters. The molecule has 1 aromatic heterocycles. The standard InChI is InChI=1S/C14H25ClN6/c1-5-21(6-2)14-17-12(15)16-13(18-14)20(4)10-11-8-7-9-19(11)3/h11H,5-10H2,1-4H3. The van der Waals surface area contributed by atoms with E-state index in [1.807, 2.05) is 7.05 Å². The molecule has 0 spiro atoms. The highest BCUT2D eigenvalue weighted by Crippen LogP contribution is 2.19. The summed E-state index contributed by atoms with van der Waals surface area (Å²) in [6.45, 7) is 7.95. The molecule has 7 heteroatoms. The van der Waals surface area contributed by atoms with Crippen LogP contribution in [0.1, 0.15) is 26.7 Å². The fraction of sp³-hybridized carbons (Fsp3) is 0.786. The molecule has 2 rings (SSSR count). The van der Waals surface area contributed by atoms with Crippen molar-refractivity contribution in [1.82, 2.24) is 19.9 Å². The molecule has 1 fully saturated rings. The van der Waals surface area contributed by atoms with Crippen molar-refractivity contribution in [1.29, 1.82) is 0 Å². The van der Waals surface area contributed by atoms with Crippen molar-refractivity contribution in [2.24, 2.45) is 0 Å². The zero-order chi connectivity index (χ0) is 15.4. The summed E-state index contributed by atoms with van der Waals surface area (Å²) >= 11 is 6.07. The van der Waals surface area contributed by atoms with Gasteiger partial charge in [-0.05, 0) is 51.9 Å². The van der Waals surface area contributed by atoms with Crippen LogP contribution in [-0.2, 0) is 0 Å². The Balaban J connectivity index is 2.14. The average Bonchev–Trinajstić information content (AvgIpc) is 2.85. The van der Waals surface area contributed by atoms with Crippen molar-refractivity contribution in [2.75, 3.05) is 50.1 Å². The predicted octanol–water partition coefficient (Wildman–Crippen LogP) is 1.90. The molecule has 0 aromatic carbocycles. The van der Waals surface area contributed by atoms with Gasteiger partial charge in [0.05, 0.1) is 0 Å². The minimum absolute atomic E-state index is 0.258. The average molecular weight is 313 g/mol. The van der Waals surface area contributed by atoms with Gasteiger partial charge < -0.3 is 14.7 Å². The van der Waals surface area contributed by atoms with Gasteiger partial charge in [-0.25, -0.2) is 0 Å². The quantitative estimate of drug-likeness (QED) is 0.799. The third kappa shape index (κ3) is 3.95. The minimum atomic E-state index is 0.258. The number of hydrogen-bond acceptors (Lipinski definition) is 6. The molecule has 1 aliphatic rings. The van der Waals surface area contributed by atoms with E-state index in [4.69, 9.17) is 11.6 Å². The SMILES string of the molecule is CCN(CC)c1nc(Cl)nc(N(C)CC2CCCN2C)n1. The second-order valence-electron chi connectivity index (χ2n) is 5.53. The molecule has 1 atom stereocenters. The van der Waals surface area contributed by atoms with Crippen LogP contribution < -0.4 is 9.80 Å². The summed E-state index contributed by atoms with van der Waals surface area (Å²) < 4.78 is 0. The molecule has 21 heavy (non-hydrogen) atoms. The Bertz CT molecular complexity index is 465. The first-order valence-electron chi connectivity index (χ1n) is 7.63. The van der Waals surface area contributed by atoms with Crippen molar-refractivity contribution in [3.63, 3.8) is 0 Å². The summed E-state index contributed by atoms with van der Waals surface area (Å²) in [5.74, 6) is 1.30. The van der Waals surface area contributed by atoms with E-state index in [2.05, 4.69) is 50.5 Å². The molecule has 0 amide bonds. The minimum Gasteiger partial charge on any atom is -0.342 e. The Morgan fingerprint density at radius 3 is 2.43 bits per heavy atom. The zero-order valence-corrected chi connectivity index (χ0v) is 14.1. The topological polar surface area (TPSA) is 48.4 Å². The van der Waals surface area contributed by atoms with Crippen LogP contribution in [-0.4, -0.2) is 66.2 Å². The van der Waals surface area contributed by atoms with E-state index in [-0.39, 0.29) is 5.28 Å². The van der Waals surface area contributed by atoms with E-state index >= 15 is 0 Å². The van der Waals surface area contributed by atoms with Gasteiger partial charge in [0.25, 0.3) is 0 Å². The summed E-state index contributed by atoms with van der Waals surface area (Å²) in [7, 11) is 4.19. The normalized spacial score (nSPS) is 19.0. The first-order chi connectivity index (χ1) is 10.0.